The van der Waals surface area contributed by atoms with Crippen LogP contribution < -0.4 is 4.90 Å². The summed E-state index contributed by atoms with van der Waals surface area (Å²) in [6, 6.07) is 20.8. The molecule has 156 valence electrons. The lowest BCUT2D eigenvalue weighted by atomic mass is 9.98. The average molecular weight is 397 g/mol. The molecule has 5 heteroatoms. The molecular formula is C24H32N2O3. The minimum Gasteiger partial charge on any atom is -0.466 e. The molecule has 1 heterocycles. The Morgan fingerprint density at radius 3 is 2.31 bits per heavy atom. The third-order valence-electron chi connectivity index (χ3n) is 5.27. The number of nitrogens with zero attached hydrogens (tertiary/aromatic N) is 2. The average Bonchev–Trinajstić information content (AvgIpc) is 2.78. The minimum atomic E-state index is -0.0560. The maximum atomic E-state index is 12.0. The van der Waals surface area contributed by atoms with Crippen molar-refractivity contribution in [3.63, 3.8) is 0 Å². The third-order valence-corrected chi connectivity index (χ3v) is 5.27. The zero-order valence-corrected chi connectivity index (χ0v) is 17.3. The summed E-state index contributed by atoms with van der Waals surface area (Å²) in [6.45, 7) is 7.10. The lowest BCUT2D eigenvalue weighted by molar-refractivity contribution is -0.150. The molecular weight excluding hydrogens is 364 g/mol. The fourth-order valence-corrected chi connectivity index (χ4v) is 3.79. The Balaban J connectivity index is 1.44. The van der Waals surface area contributed by atoms with Gasteiger partial charge in [0.1, 0.15) is 0 Å². The summed E-state index contributed by atoms with van der Waals surface area (Å²) in [5.74, 6) is -0.0464. The molecule has 0 amide bonds. The Kier molecular flexibility index (Phi) is 8.53. The highest BCUT2D eigenvalue weighted by molar-refractivity contribution is 5.72. The van der Waals surface area contributed by atoms with Crippen molar-refractivity contribution in [1.82, 2.24) is 4.90 Å². The van der Waals surface area contributed by atoms with E-state index in [4.69, 9.17) is 9.47 Å². The van der Waals surface area contributed by atoms with Gasteiger partial charge in [-0.1, -0.05) is 36.4 Å². The monoisotopic (exact) mass is 396 g/mol. The molecule has 0 saturated carbocycles. The molecule has 0 aromatic heterocycles. The summed E-state index contributed by atoms with van der Waals surface area (Å²) >= 11 is 0. The summed E-state index contributed by atoms with van der Waals surface area (Å²) in [5.41, 5.74) is 2.33. The quantitative estimate of drug-likeness (QED) is 0.446. The first kappa shape index (κ1) is 21.3. The Morgan fingerprint density at radius 2 is 1.69 bits per heavy atom. The van der Waals surface area contributed by atoms with Gasteiger partial charge in [0.2, 0.25) is 0 Å². The van der Waals surface area contributed by atoms with Crippen LogP contribution >= 0.6 is 0 Å². The summed E-state index contributed by atoms with van der Waals surface area (Å²) in [7, 11) is 0. The highest BCUT2D eigenvalue weighted by atomic mass is 16.5. The van der Waals surface area contributed by atoms with E-state index < -0.39 is 0 Å². The molecule has 1 fully saturated rings. The van der Waals surface area contributed by atoms with E-state index in [2.05, 4.69) is 58.3 Å². The number of piperidine rings is 1. The number of anilines is 2. The highest BCUT2D eigenvalue weighted by Gasteiger charge is 2.26. The predicted octanol–water partition coefficient (Wildman–Crippen LogP) is 4.12. The van der Waals surface area contributed by atoms with E-state index in [-0.39, 0.29) is 11.9 Å². The van der Waals surface area contributed by atoms with Gasteiger partial charge in [0.05, 0.1) is 25.7 Å². The van der Waals surface area contributed by atoms with Crippen LogP contribution in [0.2, 0.25) is 0 Å². The number of carbonyl (C=O) groups is 1. The summed E-state index contributed by atoms with van der Waals surface area (Å²) in [6.07, 6.45) is 1.97. The van der Waals surface area contributed by atoms with E-state index in [1.165, 1.54) is 0 Å². The van der Waals surface area contributed by atoms with Gasteiger partial charge >= 0.3 is 5.97 Å². The fourth-order valence-electron chi connectivity index (χ4n) is 3.79. The van der Waals surface area contributed by atoms with E-state index in [1.807, 2.05) is 19.1 Å². The van der Waals surface area contributed by atoms with E-state index in [1.54, 1.807) is 0 Å². The van der Waals surface area contributed by atoms with Crippen molar-refractivity contribution in [1.29, 1.82) is 0 Å². The topological polar surface area (TPSA) is 42.0 Å². The number of rotatable bonds is 10. The maximum absolute atomic E-state index is 12.0. The Hall–Kier alpha value is -2.37. The van der Waals surface area contributed by atoms with Crippen molar-refractivity contribution in [3.8, 4) is 0 Å². The van der Waals surface area contributed by atoms with Crippen molar-refractivity contribution in [2.24, 2.45) is 5.92 Å². The summed E-state index contributed by atoms with van der Waals surface area (Å²) < 4.78 is 11.1. The van der Waals surface area contributed by atoms with Gasteiger partial charge in [-0.05, 0) is 50.6 Å². The highest BCUT2D eigenvalue weighted by Crippen LogP contribution is 2.24. The largest absolute Gasteiger partial charge is 0.466 e. The first-order valence-electron chi connectivity index (χ1n) is 10.6. The van der Waals surface area contributed by atoms with Crippen LogP contribution in [0.4, 0.5) is 11.4 Å². The number of para-hydroxylation sites is 2. The van der Waals surface area contributed by atoms with Gasteiger partial charge in [0.25, 0.3) is 0 Å². The number of carbonyl (C=O) groups excluding carboxylic acids is 1. The van der Waals surface area contributed by atoms with Crippen LogP contribution in [0.3, 0.4) is 0 Å². The van der Waals surface area contributed by atoms with Crippen molar-refractivity contribution in [2.75, 3.05) is 50.9 Å². The minimum absolute atomic E-state index is 0.00959. The lowest BCUT2D eigenvalue weighted by Gasteiger charge is -2.31. The third kappa shape index (κ3) is 6.58. The molecule has 1 atom stereocenters. The molecule has 3 rings (SSSR count). The Labute approximate surface area is 174 Å². The second-order valence-electron chi connectivity index (χ2n) is 7.33. The molecule has 1 aliphatic rings. The van der Waals surface area contributed by atoms with E-state index in [0.29, 0.717) is 19.8 Å². The van der Waals surface area contributed by atoms with Gasteiger partial charge < -0.3 is 19.3 Å². The van der Waals surface area contributed by atoms with Crippen LogP contribution in [0.15, 0.2) is 60.7 Å². The smallest absolute Gasteiger partial charge is 0.310 e. The van der Waals surface area contributed by atoms with Crippen LogP contribution in [0.25, 0.3) is 0 Å². The van der Waals surface area contributed by atoms with Crippen LogP contribution in [0.1, 0.15) is 19.8 Å². The van der Waals surface area contributed by atoms with E-state index in [0.717, 1.165) is 50.4 Å². The van der Waals surface area contributed by atoms with E-state index in [9.17, 15) is 4.79 Å². The fraction of sp³-hybridized carbons (Fsp3) is 0.458. The molecule has 1 saturated heterocycles. The lowest BCUT2D eigenvalue weighted by Crippen LogP contribution is -2.41. The zero-order chi connectivity index (χ0) is 20.3. The molecule has 2 aromatic rings. The Morgan fingerprint density at radius 1 is 1.03 bits per heavy atom. The molecule has 0 spiro atoms. The molecule has 0 N–H and O–H groups in total. The molecule has 0 bridgehead atoms. The number of hydrogen-bond acceptors (Lipinski definition) is 5. The SMILES string of the molecule is CCOC(=O)C1CCCN(CCOCCN(c2ccccc2)c2ccccc2)C1. The second-order valence-corrected chi connectivity index (χ2v) is 7.33. The van der Waals surface area contributed by atoms with Gasteiger partial charge in [0.15, 0.2) is 0 Å². The molecule has 0 radical (unpaired) electrons. The molecule has 1 aliphatic heterocycles. The molecule has 29 heavy (non-hydrogen) atoms. The van der Waals surface area contributed by atoms with E-state index >= 15 is 0 Å². The van der Waals surface area contributed by atoms with Gasteiger partial charge in [0, 0.05) is 31.0 Å². The van der Waals surface area contributed by atoms with Crippen LogP contribution in [0, 0.1) is 5.92 Å². The number of likely N-dealkylation sites (tertiary alicyclic amines) is 1. The van der Waals surface area contributed by atoms with Crippen LogP contribution in [-0.4, -0.2) is 56.9 Å². The molecule has 0 aliphatic carbocycles. The maximum Gasteiger partial charge on any atom is 0.310 e. The second kappa shape index (κ2) is 11.6. The zero-order valence-electron chi connectivity index (χ0n) is 17.3. The van der Waals surface area contributed by atoms with Gasteiger partial charge in [-0.15, -0.1) is 0 Å². The van der Waals surface area contributed by atoms with Crippen molar-refractivity contribution < 1.29 is 14.3 Å². The number of benzene rings is 2. The predicted molar refractivity (Wildman–Crippen MR) is 117 cm³/mol. The number of ether oxygens (including phenoxy) is 2. The first-order valence-corrected chi connectivity index (χ1v) is 10.6. The van der Waals surface area contributed by atoms with Crippen molar-refractivity contribution >= 4 is 17.3 Å². The van der Waals surface area contributed by atoms with Gasteiger partial charge in [-0.3, -0.25) is 4.79 Å². The van der Waals surface area contributed by atoms with Gasteiger partial charge in [-0.25, -0.2) is 0 Å². The van der Waals surface area contributed by atoms with Crippen molar-refractivity contribution in [2.45, 2.75) is 19.8 Å². The van der Waals surface area contributed by atoms with Crippen molar-refractivity contribution in [3.05, 3.63) is 60.7 Å². The first-order chi connectivity index (χ1) is 14.3. The summed E-state index contributed by atoms with van der Waals surface area (Å²) in [4.78, 5) is 16.6. The van der Waals surface area contributed by atoms with Crippen LogP contribution in [-0.2, 0) is 14.3 Å². The standard InChI is InChI=1S/C24H32N2O3/c1-2-29-24(27)21-10-9-15-25(20-21)16-18-28-19-17-26(22-11-5-3-6-12-22)23-13-7-4-8-14-23/h3-8,11-14,21H,2,9-10,15-20H2,1H3. The molecule has 1 unspecified atom stereocenters. The number of hydrogen-bond donors (Lipinski definition) is 0. The number of esters is 1. The van der Waals surface area contributed by atoms with Gasteiger partial charge in [-0.2, -0.15) is 0 Å². The van der Waals surface area contributed by atoms with Crippen LogP contribution in [0.5, 0.6) is 0 Å². The molecule has 5 nitrogen and oxygen atoms in total. The molecule has 2 aromatic carbocycles. The Bertz CT molecular complexity index is 684. The normalized spacial score (nSPS) is 17.1. The summed E-state index contributed by atoms with van der Waals surface area (Å²) in [5, 5.41) is 0.